The van der Waals surface area contributed by atoms with Crippen LogP contribution in [0, 0.1) is 0 Å². The highest BCUT2D eigenvalue weighted by Crippen LogP contribution is 2.25. The molecule has 0 spiro atoms. The molecule has 0 fully saturated rings. The molecule has 152 valence electrons. The zero-order chi connectivity index (χ0) is 21.1. The van der Waals surface area contributed by atoms with E-state index in [0.717, 1.165) is 10.0 Å². The lowest BCUT2D eigenvalue weighted by molar-refractivity contribution is -0.138. The number of rotatable bonds is 6. The van der Waals surface area contributed by atoms with Crippen LogP contribution in [0.15, 0.2) is 68.7 Å². The minimum Gasteiger partial charge on any atom is -0.480 e. The smallest absolute Gasteiger partial charge is 0.328 e. The lowest BCUT2D eigenvalue weighted by atomic mass is 10.1. The van der Waals surface area contributed by atoms with E-state index in [1.807, 2.05) is 30.3 Å². The molecular formula is C20H16BrN5O4. The van der Waals surface area contributed by atoms with E-state index in [1.165, 1.54) is 5.01 Å². The van der Waals surface area contributed by atoms with E-state index < -0.39 is 17.9 Å². The van der Waals surface area contributed by atoms with Crippen LogP contribution in [0.5, 0.6) is 0 Å². The molecule has 3 aromatic rings. The summed E-state index contributed by atoms with van der Waals surface area (Å²) in [6.07, 6.45) is -0.00834. The van der Waals surface area contributed by atoms with Gasteiger partial charge in [-0.1, -0.05) is 45.4 Å². The molecule has 1 amide bonds. The zero-order valence-electron chi connectivity index (χ0n) is 15.5. The van der Waals surface area contributed by atoms with E-state index in [9.17, 15) is 14.7 Å². The number of hydrogen-bond acceptors (Lipinski definition) is 7. The Morgan fingerprint density at radius 1 is 1.20 bits per heavy atom. The number of carboxylic acid groups (broad SMARTS) is 1. The van der Waals surface area contributed by atoms with Crippen molar-refractivity contribution >= 4 is 39.2 Å². The predicted molar refractivity (Wildman–Crippen MR) is 112 cm³/mol. The maximum absolute atomic E-state index is 12.5. The van der Waals surface area contributed by atoms with Crippen LogP contribution in [0.4, 0.5) is 5.69 Å². The highest BCUT2D eigenvalue weighted by molar-refractivity contribution is 9.10. The summed E-state index contributed by atoms with van der Waals surface area (Å²) < 4.78 is 6.12. The molecular weight excluding hydrogens is 454 g/mol. The van der Waals surface area contributed by atoms with Crippen molar-refractivity contribution in [3.63, 3.8) is 0 Å². The molecule has 30 heavy (non-hydrogen) atoms. The van der Waals surface area contributed by atoms with Gasteiger partial charge in [-0.25, -0.2) is 4.79 Å². The third-order valence-electron chi connectivity index (χ3n) is 4.42. The van der Waals surface area contributed by atoms with Crippen molar-refractivity contribution in [2.75, 3.05) is 5.01 Å². The Hall–Kier alpha value is -3.53. The van der Waals surface area contributed by atoms with Crippen molar-refractivity contribution in [1.82, 2.24) is 15.5 Å². The summed E-state index contributed by atoms with van der Waals surface area (Å²) in [5.74, 6) is -0.901. The van der Waals surface area contributed by atoms with Crippen LogP contribution in [0.3, 0.4) is 0 Å². The number of aromatic nitrogens is 2. The third kappa shape index (κ3) is 4.23. The first-order chi connectivity index (χ1) is 14.5. The monoisotopic (exact) mass is 469 g/mol. The highest BCUT2D eigenvalue weighted by Gasteiger charge is 2.36. The number of anilines is 1. The fourth-order valence-electron chi connectivity index (χ4n) is 2.98. The molecule has 4 rings (SSSR count). The van der Waals surface area contributed by atoms with Gasteiger partial charge in [-0.3, -0.25) is 9.80 Å². The maximum Gasteiger partial charge on any atom is 0.328 e. The van der Waals surface area contributed by atoms with Gasteiger partial charge in [0.2, 0.25) is 0 Å². The fourth-order valence-corrected chi connectivity index (χ4v) is 3.38. The molecule has 10 heteroatoms. The van der Waals surface area contributed by atoms with E-state index in [2.05, 4.69) is 36.5 Å². The van der Waals surface area contributed by atoms with E-state index in [1.54, 1.807) is 24.3 Å². The van der Waals surface area contributed by atoms with Crippen LogP contribution in [0.25, 0.3) is 11.5 Å². The lowest BCUT2D eigenvalue weighted by Gasteiger charge is -2.19. The summed E-state index contributed by atoms with van der Waals surface area (Å²) in [7, 11) is 0. The minimum atomic E-state index is -1.05. The number of carboxylic acids is 1. The average molecular weight is 470 g/mol. The fraction of sp³-hybridized carbons (Fsp3) is 0.150. The number of nitrogens with zero attached hydrogens (tertiary/aromatic N) is 4. The second-order valence-corrected chi connectivity index (χ2v) is 7.41. The molecule has 9 nitrogen and oxygen atoms in total. The van der Waals surface area contributed by atoms with Gasteiger partial charge < -0.3 is 14.9 Å². The minimum absolute atomic E-state index is 0.00834. The van der Waals surface area contributed by atoms with E-state index in [4.69, 9.17) is 4.52 Å². The number of nitrogens with one attached hydrogen (secondary N) is 1. The summed E-state index contributed by atoms with van der Waals surface area (Å²) in [4.78, 5) is 28.4. The Balaban J connectivity index is 1.43. The van der Waals surface area contributed by atoms with Crippen LogP contribution >= 0.6 is 15.9 Å². The van der Waals surface area contributed by atoms with Crippen molar-refractivity contribution in [3.05, 3.63) is 64.9 Å². The molecule has 1 aromatic heterocycles. The average Bonchev–Trinajstić information content (AvgIpc) is 3.40. The molecule has 2 heterocycles. The first-order valence-corrected chi connectivity index (χ1v) is 9.82. The van der Waals surface area contributed by atoms with Gasteiger partial charge in [0.15, 0.2) is 11.9 Å². The predicted octanol–water partition coefficient (Wildman–Crippen LogP) is 2.83. The molecule has 1 atom stereocenters. The quantitative estimate of drug-likeness (QED) is 0.568. The lowest BCUT2D eigenvalue weighted by Crippen LogP contribution is -2.35. The normalized spacial score (nSPS) is 15.7. The highest BCUT2D eigenvalue weighted by atomic mass is 79.9. The van der Waals surface area contributed by atoms with Gasteiger partial charge in [0.05, 0.1) is 12.2 Å². The maximum atomic E-state index is 12.5. The molecule has 0 saturated carbocycles. The topological polar surface area (TPSA) is 121 Å². The van der Waals surface area contributed by atoms with Crippen molar-refractivity contribution in [1.29, 1.82) is 0 Å². The number of carbonyl (C=O) groups is 2. The number of aliphatic carboxylic acids is 1. The molecule has 0 bridgehead atoms. The van der Waals surface area contributed by atoms with Gasteiger partial charge in [0, 0.05) is 16.5 Å². The molecule has 1 aliphatic rings. The summed E-state index contributed by atoms with van der Waals surface area (Å²) in [5, 5.41) is 21.6. The van der Waals surface area contributed by atoms with Gasteiger partial charge in [-0.15, -0.1) is 0 Å². The molecule has 2 aromatic carbocycles. The Morgan fingerprint density at radius 3 is 2.73 bits per heavy atom. The number of halogens is 1. The van der Waals surface area contributed by atoms with E-state index >= 15 is 0 Å². The summed E-state index contributed by atoms with van der Waals surface area (Å²) in [6, 6.07) is 15.3. The number of amides is 1. The second-order valence-electron chi connectivity index (χ2n) is 6.49. The zero-order valence-corrected chi connectivity index (χ0v) is 17.1. The Labute approximate surface area is 179 Å². The molecule has 0 saturated heterocycles. The van der Waals surface area contributed by atoms with Crippen molar-refractivity contribution < 1.29 is 19.2 Å². The van der Waals surface area contributed by atoms with Crippen LogP contribution < -0.4 is 10.3 Å². The number of hydrogen-bond donors (Lipinski definition) is 2. The standard InChI is InChI=1S/C20H16BrN5O4/c21-13-6-4-5-12(9-13)19-23-17(25-30-19)11-22-18(27)15-10-16(20(28)29)26(24-15)14-7-2-1-3-8-14/h1-9,16H,10-11H2,(H,22,27)(H,28,29). The SMILES string of the molecule is O=C(NCc1noc(-c2cccc(Br)c2)n1)C1=NN(c2ccccc2)C(C(=O)O)C1. The van der Waals surface area contributed by atoms with Crippen molar-refractivity contribution in [2.45, 2.75) is 19.0 Å². The van der Waals surface area contributed by atoms with E-state index in [-0.39, 0.29) is 18.7 Å². The Bertz CT molecular complexity index is 1120. The second kappa shape index (κ2) is 8.46. The number of para-hydroxylation sites is 1. The van der Waals surface area contributed by atoms with E-state index in [0.29, 0.717) is 17.4 Å². The van der Waals surface area contributed by atoms with Gasteiger partial charge in [-0.2, -0.15) is 10.1 Å². The third-order valence-corrected chi connectivity index (χ3v) is 4.92. The number of hydrazone groups is 1. The Morgan fingerprint density at radius 2 is 2.00 bits per heavy atom. The van der Waals surface area contributed by atoms with Gasteiger partial charge in [-0.05, 0) is 30.3 Å². The summed E-state index contributed by atoms with van der Waals surface area (Å²) in [5.41, 5.74) is 1.48. The molecule has 0 radical (unpaired) electrons. The summed E-state index contributed by atoms with van der Waals surface area (Å²) >= 11 is 3.38. The van der Waals surface area contributed by atoms with Crippen molar-refractivity contribution in [3.8, 4) is 11.5 Å². The molecule has 0 aliphatic carbocycles. The molecule has 2 N–H and O–H groups in total. The number of benzene rings is 2. The van der Waals surface area contributed by atoms with Crippen LogP contribution in [0.2, 0.25) is 0 Å². The Kier molecular flexibility index (Phi) is 5.57. The van der Waals surface area contributed by atoms with Gasteiger partial charge >= 0.3 is 5.97 Å². The van der Waals surface area contributed by atoms with Gasteiger partial charge in [0.1, 0.15) is 5.71 Å². The van der Waals surface area contributed by atoms with Crippen LogP contribution in [0.1, 0.15) is 12.2 Å². The first kappa shape index (κ1) is 19.8. The van der Waals surface area contributed by atoms with Gasteiger partial charge in [0.25, 0.3) is 11.8 Å². The van der Waals surface area contributed by atoms with Crippen LogP contribution in [-0.4, -0.2) is 38.9 Å². The first-order valence-electron chi connectivity index (χ1n) is 9.02. The molecule has 1 aliphatic heterocycles. The summed E-state index contributed by atoms with van der Waals surface area (Å²) in [6.45, 7) is 0.0262. The number of carbonyl (C=O) groups excluding carboxylic acids is 1. The largest absolute Gasteiger partial charge is 0.480 e. The van der Waals surface area contributed by atoms with Crippen LogP contribution in [-0.2, 0) is 16.1 Å². The van der Waals surface area contributed by atoms with Crippen molar-refractivity contribution in [2.24, 2.45) is 5.10 Å². The molecule has 1 unspecified atom stereocenters.